The summed E-state index contributed by atoms with van der Waals surface area (Å²) in [6.07, 6.45) is 1.61. The summed E-state index contributed by atoms with van der Waals surface area (Å²) in [6.45, 7) is 3.63. The highest BCUT2D eigenvalue weighted by molar-refractivity contribution is 7.09. The Bertz CT molecular complexity index is 796. The number of aliphatic hydroxyl groups is 1. The number of hydrogen-bond donors (Lipinski definition) is 3. The first-order valence-electron chi connectivity index (χ1n) is 8.93. The normalized spacial score (nSPS) is 18.4. The summed E-state index contributed by atoms with van der Waals surface area (Å²) in [4.78, 5) is 28.2. The van der Waals surface area contributed by atoms with Crippen LogP contribution < -0.4 is 10.6 Å². The number of rotatable bonds is 7. The Morgan fingerprint density at radius 2 is 2.30 bits per heavy atom. The molecule has 144 valence electrons. The van der Waals surface area contributed by atoms with Crippen molar-refractivity contribution in [3.63, 3.8) is 0 Å². The van der Waals surface area contributed by atoms with Crippen molar-refractivity contribution >= 4 is 23.1 Å². The summed E-state index contributed by atoms with van der Waals surface area (Å²) in [5.74, 6) is 0.269. The number of carbonyl (C=O) groups is 1. The number of ether oxygens (including phenoxy) is 1. The van der Waals surface area contributed by atoms with E-state index in [-0.39, 0.29) is 24.2 Å². The number of β-amino-alcohol motifs (C(OH)–C–C–N with tert-alkyl or cyclic N) is 1. The second-order valence-electron chi connectivity index (χ2n) is 6.74. The molecule has 3 N–H and O–H groups in total. The number of amides is 1. The van der Waals surface area contributed by atoms with Crippen LogP contribution in [0.2, 0.25) is 0 Å². The molecule has 0 radical (unpaired) electrons. The van der Waals surface area contributed by atoms with Gasteiger partial charge in [0, 0.05) is 43.5 Å². The van der Waals surface area contributed by atoms with Gasteiger partial charge in [0.15, 0.2) is 0 Å². The summed E-state index contributed by atoms with van der Waals surface area (Å²) in [5.41, 5.74) is 3.31. The zero-order chi connectivity index (χ0) is 18.6. The van der Waals surface area contributed by atoms with Gasteiger partial charge in [-0.25, -0.2) is 15.0 Å². The van der Waals surface area contributed by atoms with Gasteiger partial charge in [-0.1, -0.05) is 0 Å². The van der Waals surface area contributed by atoms with Crippen LogP contribution in [0.25, 0.3) is 0 Å². The summed E-state index contributed by atoms with van der Waals surface area (Å²) in [6, 6.07) is 1.83. The first-order valence-corrected chi connectivity index (χ1v) is 9.81. The lowest BCUT2D eigenvalue weighted by Gasteiger charge is -2.28. The molecule has 0 aromatic carbocycles. The Kier molecular flexibility index (Phi) is 5.58. The monoisotopic (exact) mass is 390 g/mol. The first kappa shape index (κ1) is 18.2. The van der Waals surface area contributed by atoms with Gasteiger partial charge in [-0.15, -0.1) is 11.3 Å². The van der Waals surface area contributed by atoms with Crippen molar-refractivity contribution in [1.29, 1.82) is 0 Å². The average molecular weight is 390 g/mol. The molecule has 0 aliphatic carbocycles. The number of nitrogens with one attached hydrogen (secondary N) is 2. The van der Waals surface area contributed by atoms with Crippen molar-refractivity contribution in [3.8, 4) is 0 Å². The summed E-state index contributed by atoms with van der Waals surface area (Å²) < 4.78 is 5.11. The van der Waals surface area contributed by atoms with E-state index < -0.39 is 6.10 Å². The molecule has 0 saturated carbocycles. The predicted octanol–water partition coefficient (Wildman–Crippen LogP) is -0.107. The van der Waals surface area contributed by atoms with Crippen molar-refractivity contribution in [1.82, 2.24) is 25.2 Å². The van der Waals surface area contributed by atoms with Gasteiger partial charge in [0.05, 0.1) is 36.6 Å². The number of anilines is 1. The molecule has 1 fully saturated rings. The highest BCUT2D eigenvalue weighted by atomic mass is 32.1. The molecule has 0 bridgehead atoms. The van der Waals surface area contributed by atoms with Gasteiger partial charge >= 0.3 is 0 Å². The third-order valence-corrected chi connectivity index (χ3v) is 5.47. The minimum absolute atomic E-state index is 0.175. The maximum absolute atomic E-state index is 12.3. The maximum Gasteiger partial charge on any atom is 0.270 e. The fourth-order valence-corrected chi connectivity index (χ4v) is 3.94. The maximum atomic E-state index is 12.3. The topological polar surface area (TPSA) is 113 Å². The molecule has 10 heteroatoms. The van der Waals surface area contributed by atoms with E-state index >= 15 is 0 Å². The van der Waals surface area contributed by atoms with E-state index in [0.29, 0.717) is 25.6 Å². The molecule has 1 atom stereocenters. The van der Waals surface area contributed by atoms with Crippen LogP contribution in [0.5, 0.6) is 0 Å². The Morgan fingerprint density at radius 1 is 1.41 bits per heavy atom. The van der Waals surface area contributed by atoms with E-state index in [4.69, 9.17) is 4.74 Å². The van der Waals surface area contributed by atoms with E-state index in [1.54, 1.807) is 17.4 Å². The molecule has 1 saturated heterocycles. The molecule has 9 nitrogen and oxygen atoms in total. The number of aromatic nitrogens is 3. The molecule has 0 spiro atoms. The van der Waals surface area contributed by atoms with Crippen molar-refractivity contribution < 1.29 is 14.6 Å². The molecule has 27 heavy (non-hydrogen) atoms. The molecule has 4 rings (SSSR count). The second kappa shape index (κ2) is 8.26. The fraction of sp³-hybridized carbons (Fsp3) is 0.529. The smallest absolute Gasteiger partial charge is 0.270 e. The van der Waals surface area contributed by atoms with Crippen LogP contribution in [0.3, 0.4) is 0 Å². The largest absolute Gasteiger partial charge is 0.390 e. The van der Waals surface area contributed by atoms with Crippen molar-refractivity contribution in [2.24, 2.45) is 0 Å². The Labute approximate surface area is 160 Å². The fourth-order valence-electron chi connectivity index (χ4n) is 3.08. The zero-order valence-electron chi connectivity index (χ0n) is 14.8. The SMILES string of the molecule is O=C(NC[C@H](O)CN1CCc2ncsc2C1)c1cc(NC2COC2)ncn1. The number of hydrogen-bond acceptors (Lipinski definition) is 9. The van der Waals surface area contributed by atoms with Crippen LogP contribution in [0, 0.1) is 0 Å². The van der Waals surface area contributed by atoms with E-state index in [1.165, 1.54) is 16.9 Å². The molecule has 2 aliphatic heterocycles. The number of thiazole rings is 1. The molecule has 2 aromatic rings. The molecular weight excluding hydrogens is 368 g/mol. The van der Waals surface area contributed by atoms with Gasteiger partial charge in [0.2, 0.25) is 0 Å². The molecule has 4 heterocycles. The van der Waals surface area contributed by atoms with Gasteiger partial charge in [0.25, 0.3) is 5.91 Å². The van der Waals surface area contributed by atoms with Gasteiger partial charge in [-0.05, 0) is 0 Å². The highest BCUT2D eigenvalue weighted by Crippen LogP contribution is 2.21. The van der Waals surface area contributed by atoms with Crippen LogP contribution in [0.1, 0.15) is 21.1 Å². The van der Waals surface area contributed by atoms with E-state index in [2.05, 4.69) is 30.5 Å². The lowest BCUT2D eigenvalue weighted by molar-refractivity contribution is 0.0209. The van der Waals surface area contributed by atoms with E-state index in [1.807, 2.05) is 5.51 Å². The predicted molar refractivity (Wildman–Crippen MR) is 99.7 cm³/mol. The minimum Gasteiger partial charge on any atom is -0.390 e. The Balaban J connectivity index is 1.24. The minimum atomic E-state index is -0.644. The van der Waals surface area contributed by atoms with Crippen molar-refractivity contribution in [2.75, 3.05) is 38.2 Å². The lowest BCUT2D eigenvalue weighted by atomic mass is 10.1. The van der Waals surface area contributed by atoms with Crippen LogP contribution in [0.4, 0.5) is 5.82 Å². The highest BCUT2D eigenvalue weighted by Gasteiger charge is 2.22. The molecule has 1 amide bonds. The number of nitrogens with zero attached hydrogens (tertiary/aromatic N) is 4. The third kappa shape index (κ3) is 4.59. The average Bonchev–Trinajstić information content (AvgIpc) is 3.11. The Morgan fingerprint density at radius 3 is 3.11 bits per heavy atom. The summed E-state index contributed by atoms with van der Waals surface area (Å²) in [7, 11) is 0. The quantitative estimate of drug-likeness (QED) is 0.601. The zero-order valence-corrected chi connectivity index (χ0v) is 15.6. The molecule has 0 unspecified atom stereocenters. The second-order valence-corrected chi connectivity index (χ2v) is 7.68. The van der Waals surface area contributed by atoms with E-state index in [0.717, 1.165) is 19.5 Å². The summed E-state index contributed by atoms with van der Waals surface area (Å²) in [5, 5.41) is 16.2. The van der Waals surface area contributed by atoms with Crippen LogP contribution in [0.15, 0.2) is 17.9 Å². The van der Waals surface area contributed by atoms with Crippen LogP contribution in [-0.4, -0.2) is 75.9 Å². The van der Waals surface area contributed by atoms with Crippen LogP contribution in [-0.2, 0) is 17.7 Å². The van der Waals surface area contributed by atoms with Crippen molar-refractivity contribution in [3.05, 3.63) is 34.2 Å². The van der Waals surface area contributed by atoms with Gasteiger partial charge in [-0.3, -0.25) is 9.69 Å². The van der Waals surface area contributed by atoms with Crippen molar-refractivity contribution in [2.45, 2.75) is 25.1 Å². The van der Waals surface area contributed by atoms with Gasteiger partial charge in [-0.2, -0.15) is 0 Å². The molecule has 2 aliphatic rings. The molecule has 2 aromatic heterocycles. The number of carbonyl (C=O) groups excluding carboxylic acids is 1. The van der Waals surface area contributed by atoms with Gasteiger partial charge in [0.1, 0.15) is 17.8 Å². The molecular formula is C17H22N6O3S. The first-order chi connectivity index (χ1) is 13.2. The van der Waals surface area contributed by atoms with Gasteiger partial charge < -0.3 is 20.5 Å². The van der Waals surface area contributed by atoms with Crippen LogP contribution >= 0.6 is 11.3 Å². The number of aliphatic hydroxyl groups excluding tert-OH is 1. The van der Waals surface area contributed by atoms with E-state index in [9.17, 15) is 9.90 Å². The lowest BCUT2D eigenvalue weighted by Crippen LogP contribution is -2.42. The Hall–Kier alpha value is -2.14. The number of fused-ring (bicyclic) bond motifs is 1. The summed E-state index contributed by atoms with van der Waals surface area (Å²) >= 11 is 1.65. The standard InChI is InChI=1S/C17H22N6O3S/c24-12(5-23-2-1-13-15(6-23)27-10-21-13)4-18-17(25)14-3-16(20-9-19-14)22-11-7-26-8-11/h3,9-12,24H,1-2,4-8H2,(H,18,25)(H,19,20,22)/t12-/m0/s1. The third-order valence-electron chi connectivity index (χ3n) is 4.61.